The standard InChI is InChI=1S/C44H51N7O9/c1-24(2)37(48-43(55)57-3)41(53)50-15-5-7-33(50)31-20-28(22-45-31)26-9-11-29-36(21-26)60-35-12-10-27(19-30(35)39(29)52)32-23-46-40(47-32)34-8-6-16-51(34)42(54)38(49-44(56)58-4)25-13-17-59-18-14-25/h9-12,19,21-25,33-34,37-38H,5-8,13-18,20H2,1-4H3,(H,46,47)(H,48,55)(H,49,56)/t33-,34-,37-,38-/m0/s1. The van der Waals surface area contributed by atoms with Crippen molar-refractivity contribution in [2.24, 2.45) is 16.8 Å². The predicted octanol–water partition coefficient (Wildman–Crippen LogP) is 5.71. The lowest BCUT2D eigenvalue weighted by Gasteiger charge is -2.34. The molecular formula is C44H51N7O9. The number of amides is 4. The summed E-state index contributed by atoms with van der Waals surface area (Å²) in [6.45, 7) is 5.96. The number of aliphatic imine (C=N–C) groups is 1. The predicted molar refractivity (Wildman–Crippen MR) is 223 cm³/mol. The number of aromatic nitrogens is 2. The summed E-state index contributed by atoms with van der Waals surface area (Å²) < 4.78 is 21.5. The molecule has 4 aliphatic rings. The molecule has 0 spiro atoms. The molecule has 2 aromatic heterocycles. The lowest BCUT2D eigenvalue weighted by Crippen LogP contribution is -2.53. The van der Waals surface area contributed by atoms with Gasteiger partial charge in [0.25, 0.3) is 0 Å². The number of benzene rings is 2. The van der Waals surface area contributed by atoms with Crippen molar-refractivity contribution in [1.29, 1.82) is 0 Å². The Bertz CT molecular complexity index is 2430. The first-order chi connectivity index (χ1) is 29.0. The molecule has 0 unspecified atom stereocenters. The SMILES string of the molecule is COC(=O)N[C@H](C(=O)N1CCC[C@H]1C1=NC=C(c2ccc3c(=O)c4cc(-c5cnc([C@@H]6CCCN6C(=O)[C@@H](NC(=O)OC)C6CCOCC6)[nH]5)ccc4oc3c2)C1)C(C)C. The van der Waals surface area contributed by atoms with Crippen LogP contribution in [0.15, 0.2) is 63.0 Å². The minimum atomic E-state index is -0.732. The number of H-pyrrole nitrogens is 1. The van der Waals surface area contributed by atoms with Crippen molar-refractivity contribution in [3.05, 3.63) is 70.4 Å². The molecule has 6 heterocycles. The number of nitrogens with one attached hydrogen (secondary N) is 3. The normalized spacial score (nSPS) is 20.6. The molecule has 16 heteroatoms. The number of alkyl carbamates (subject to hydrolysis) is 2. The van der Waals surface area contributed by atoms with Crippen LogP contribution in [0, 0.1) is 11.8 Å². The van der Waals surface area contributed by atoms with Crippen molar-refractivity contribution in [3.8, 4) is 11.3 Å². The number of aromatic amines is 1. The Balaban J connectivity index is 0.976. The van der Waals surface area contributed by atoms with E-state index in [9.17, 15) is 24.0 Å². The van der Waals surface area contributed by atoms with E-state index in [4.69, 9.17) is 28.6 Å². The molecule has 60 heavy (non-hydrogen) atoms. The highest BCUT2D eigenvalue weighted by atomic mass is 16.5. The van der Waals surface area contributed by atoms with Crippen LogP contribution in [0.4, 0.5) is 9.59 Å². The molecule has 16 nitrogen and oxygen atoms in total. The van der Waals surface area contributed by atoms with E-state index in [0.717, 1.165) is 41.7 Å². The molecule has 4 amide bonds. The molecule has 0 radical (unpaired) electrons. The number of likely N-dealkylation sites (tertiary alicyclic amines) is 2. The molecule has 4 aromatic rings. The molecule has 0 aliphatic carbocycles. The van der Waals surface area contributed by atoms with Gasteiger partial charge in [-0.25, -0.2) is 14.6 Å². The van der Waals surface area contributed by atoms with Crippen molar-refractivity contribution >= 4 is 57.2 Å². The molecule has 3 N–H and O–H groups in total. The average Bonchev–Trinajstić information content (AvgIpc) is 4.11. The molecular weight excluding hydrogens is 771 g/mol. The van der Waals surface area contributed by atoms with Crippen LogP contribution in [0.2, 0.25) is 0 Å². The van der Waals surface area contributed by atoms with E-state index in [0.29, 0.717) is 85.4 Å². The number of carbonyl (C=O) groups is 4. The van der Waals surface area contributed by atoms with E-state index >= 15 is 0 Å². The lowest BCUT2D eigenvalue weighted by molar-refractivity contribution is -0.137. The number of rotatable bonds is 10. The van der Waals surface area contributed by atoms with Gasteiger partial charge in [-0.15, -0.1) is 0 Å². The van der Waals surface area contributed by atoms with Gasteiger partial charge < -0.3 is 44.0 Å². The third-order valence-corrected chi connectivity index (χ3v) is 12.3. The second kappa shape index (κ2) is 17.3. The highest BCUT2D eigenvalue weighted by Gasteiger charge is 2.41. The highest BCUT2D eigenvalue weighted by molar-refractivity contribution is 6.04. The summed E-state index contributed by atoms with van der Waals surface area (Å²) >= 11 is 0. The third-order valence-electron chi connectivity index (χ3n) is 12.3. The highest BCUT2D eigenvalue weighted by Crippen LogP contribution is 2.36. The van der Waals surface area contributed by atoms with Crippen LogP contribution < -0.4 is 16.1 Å². The van der Waals surface area contributed by atoms with E-state index in [1.54, 1.807) is 29.3 Å². The Morgan fingerprint density at radius 1 is 0.833 bits per heavy atom. The maximum Gasteiger partial charge on any atom is 0.407 e. The number of nitrogens with zero attached hydrogens (tertiary/aromatic N) is 4. The summed E-state index contributed by atoms with van der Waals surface area (Å²) in [5.74, 6) is 0.123. The quantitative estimate of drug-likeness (QED) is 0.167. The smallest absolute Gasteiger partial charge is 0.407 e. The molecule has 4 aliphatic heterocycles. The Kier molecular flexibility index (Phi) is 11.7. The summed E-state index contributed by atoms with van der Waals surface area (Å²) in [6, 6.07) is 9.06. The van der Waals surface area contributed by atoms with E-state index in [1.807, 2.05) is 43.1 Å². The minimum Gasteiger partial charge on any atom is -0.456 e. The number of hydrogen-bond acceptors (Lipinski definition) is 11. The van der Waals surface area contributed by atoms with Crippen LogP contribution in [-0.4, -0.2) is 108 Å². The van der Waals surface area contributed by atoms with E-state index in [1.165, 1.54) is 14.2 Å². The zero-order valence-electron chi connectivity index (χ0n) is 34.3. The number of ether oxygens (including phenoxy) is 3. The number of hydrogen-bond donors (Lipinski definition) is 3. The Labute approximate surface area is 346 Å². The van der Waals surface area contributed by atoms with Gasteiger partial charge in [0.2, 0.25) is 17.2 Å². The van der Waals surface area contributed by atoms with E-state index in [-0.39, 0.29) is 41.2 Å². The zero-order valence-corrected chi connectivity index (χ0v) is 34.3. The number of allylic oxidation sites excluding steroid dienone is 1. The van der Waals surface area contributed by atoms with Crippen molar-refractivity contribution < 1.29 is 37.8 Å². The van der Waals surface area contributed by atoms with E-state index in [2.05, 4.69) is 15.6 Å². The molecule has 8 rings (SSSR count). The van der Waals surface area contributed by atoms with Gasteiger partial charge in [-0.05, 0) is 91.8 Å². The summed E-state index contributed by atoms with van der Waals surface area (Å²) in [4.78, 5) is 82.4. The summed E-state index contributed by atoms with van der Waals surface area (Å²) in [5.41, 5.74) is 4.87. The van der Waals surface area contributed by atoms with Crippen molar-refractivity contribution in [2.75, 3.05) is 40.5 Å². The summed E-state index contributed by atoms with van der Waals surface area (Å²) in [5, 5.41) is 6.35. The topological polar surface area (TPSA) is 198 Å². The first-order valence-electron chi connectivity index (χ1n) is 20.7. The Morgan fingerprint density at radius 3 is 2.27 bits per heavy atom. The van der Waals surface area contributed by atoms with Crippen LogP contribution >= 0.6 is 0 Å². The van der Waals surface area contributed by atoms with Crippen LogP contribution in [0.3, 0.4) is 0 Å². The van der Waals surface area contributed by atoms with Crippen molar-refractivity contribution in [1.82, 2.24) is 30.4 Å². The van der Waals surface area contributed by atoms with Gasteiger partial charge in [0, 0.05) is 50.2 Å². The average molecular weight is 822 g/mol. The van der Waals surface area contributed by atoms with Gasteiger partial charge >= 0.3 is 12.2 Å². The number of fused-ring (bicyclic) bond motifs is 2. The fourth-order valence-corrected chi connectivity index (χ4v) is 9.07. The molecule has 2 aromatic carbocycles. The minimum absolute atomic E-state index is 0.0677. The number of carbonyl (C=O) groups excluding carboxylic acids is 4. The third kappa shape index (κ3) is 7.99. The molecule has 4 atom stereocenters. The fraction of sp³-hybridized carbons (Fsp3) is 0.477. The molecule has 0 saturated carbocycles. The van der Waals surface area contributed by atoms with Gasteiger partial charge in [0.05, 0.1) is 49.0 Å². The van der Waals surface area contributed by atoms with Gasteiger partial charge in [-0.3, -0.25) is 19.4 Å². The summed E-state index contributed by atoms with van der Waals surface area (Å²) in [7, 11) is 2.57. The second-order valence-corrected chi connectivity index (χ2v) is 16.3. The molecule has 316 valence electrons. The first-order valence-corrected chi connectivity index (χ1v) is 20.7. The maximum absolute atomic E-state index is 14.0. The Hall–Kier alpha value is -6.03. The molecule has 3 fully saturated rings. The van der Waals surface area contributed by atoms with Crippen molar-refractivity contribution in [2.45, 2.75) is 83.0 Å². The zero-order chi connectivity index (χ0) is 42.1. The van der Waals surface area contributed by atoms with E-state index < -0.39 is 24.3 Å². The van der Waals surface area contributed by atoms with Crippen LogP contribution in [0.5, 0.6) is 0 Å². The monoisotopic (exact) mass is 821 g/mol. The van der Waals surface area contributed by atoms with Gasteiger partial charge in [-0.2, -0.15) is 0 Å². The van der Waals surface area contributed by atoms with Crippen molar-refractivity contribution in [3.63, 3.8) is 0 Å². The summed E-state index contributed by atoms with van der Waals surface area (Å²) in [6.07, 6.45) is 7.22. The van der Waals surface area contributed by atoms with Gasteiger partial charge in [0.1, 0.15) is 29.1 Å². The number of imidazole rings is 1. The second-order valence-electron chi connectivity index (χ2n) is 16.3. The Morgan fingerprint density at radius 2 is 1.53 bits per heavy atom. The number of methoxy groups -OCH3 is 2. The molecule has 0 bridgehead atoms. The maximum atomic E-state index is 14.0. The van der Waals surface area contributed by atoms with Gasteiger partial charge in [-0.1, -0.05) is 19.9 Å². The lowest BCUT2D eigenvalue weighted by atomic mass is 9.90. The van der Waals surface area contributed by atoms with Crippen LogP contribution in [0.25, 0.3) is 38.8 Å². The first kappa shape index (κ1) is 40.7. The fourth-order valence-electron chi connectivity index (χ4n) is 9.07. The largest absolute Gasteiger partial charge is 0.456 e. The van der Waals surface area contributed by atoms with Crippen LogP contribution in [-0.2, 0) is 23.8 Å². The van der Waals surface area contributed by atoms with Gasteiger partial charge in [0.15, 0.2) is 0 Å². The molecule has 3 saturated heterocycles. The van der Waals surface area contributed by atoms with Crippen LogP contribution in [0.1, 0.15) is 76.2 Å².